The number of hydrogen-bond donors (Lipinski definition) is 1. The lowest BCUT2D eigenvalue weighted by molar-refractivity contribution is -0.127. The van der Waals surface area contributed by atoms with Crippen LogP contribution >= 0.6 is 0 Å². The van der Waals surface area contributed by atoms with Gasteiger partial charge in [0.25, 0.3) is 0 Å². The fourth-order valence-electron chi connectivity index (χ4n) is 3.19. The van der Waals surface area contributed by atoms with Crippen molar-refractivity contribution < 1.29 is 17.9 Å². The molecule has 0 aliphatic carbocycles. The van der Waals surface area contributed by atoms with Crippen molar-refractivity contribution in [1.29, 1.82) is 0 Å². The molecule has 0 radical (unpaired) electrons. The molecule has 1 fully saturated rings. The highest BCUT2D eigenvalue weighted by molar-refractivity contribution is 7.92. The third kappa shape index (κ3) is 5.19. The van der Waals surface area contributed by atoms with Gasteiger partial charge in [-0.1, -0.05) is 25.1 Å². The highest BCUT2D eigenvalue weighted by Gasteiger charge is 2.24. The zero-order valence-electron chi connectivity index (χ0n) is 15.2. The van der Waals surface area contributed by atoms with Crippen LogP contribution in [0.2, 0.25) is 0 Å². The fourth-order valence-corrected chi connectivity index (χ4v) is 4.21. The van der Waals surface area contributed by atoms with E-state index in [0.717, 1.165) is 36.1 Å². The van der Waals surface area contributed by atoms with Crippen molar-refractivity contribution in [3.8, 4) is 0 Å². The molecule has 1 aromatic carbocycles. The van der Waals surface area contributed by atoms with E-state index in [4.69, 9.17) is 4.74 Å². The Hall–Kier alpha value is -1.60. The predicted molar refractivity (Wildman–Crippen MR) is 99.3 cm³/mol. The van der Waals surface area contributed by atoms with E-state index in [2.05, 4.69) is 5.32 Å². The summed E-state index contributed by atoms with van der Waals surface area (Å²) in [4.78, 5) is 12.2. The summed E-state index contributed by atoms with van der Waals surface area (Å²) in [7, 11) is -3.43. The Morgan fingerprint density at radius 2 is 2.00 bits per heavy atom. The molecule has 6 nitrogen and oxygen atoms in total. The van der Waals surface area contributed by atoms with Crippen LogP contribution in [-0.4, -0.2) is 46.9 Å². The predicted octanol–water partition coefficient (Wildman–Crippen LogP) is 1.87. The summed E-state index contributed by atoms with van der Waals surface area (Å²) in [5.74, 6) is -0.0534. The summed E-state index contributed by atoms with van der Waals surface area (Å²) in [6.07, 6.45) is 3.40. The summed E-state index contributed by atoms with van der Waals surface area (Å²) in [6, 6.07) is 5.79. The van der Waals surface area contributed by atoms with Crippen LogP contribution in [0.1, 0.15) is 30.9 Å². The Morgan fingerprint density at radius 3 is 2.60 bits per heavy atom. The molecule has 7 heteroatoms. The molecule has 0 unspecified atom stereocenters. The number of rotatable bonds is 7. The molecule has 140 valence electrons. The monoisotopic (exact) mass is 368 g/mol. The van der Waals surface area contributed by atoms with Crippen molar-refractivity contribution in [2.24, 2.45) is 5.92 Å². The average molecular weight is 368 g/mol. The SMILES string of the molecule is CCc1cccc(C)c1N(CCNC(=O)C1CCOCC1)S(C)(=O)=O. The molecule has 1 heterocycles. The second-order valence-electron chi connectivity index (χ2n) is 6.45. The first-order valence-electron chi connectivity index (χ1n) is 8.76. The van der Waals surface area contributed by atoms with E-state index in [1.165, 1.54) is 10.6 Å². The molecule has 1 amide bonds. The van der Waals surface area contributed by atoms with E-state index in [0.29, 0.717) is 19.8 Å². The number of anilines is 1. The molecule has 25 heavy (non-hydrogen) atoms. The van der Waals surface area contributed by atoms with Crippen LogP contribution in [0.25, 0.3) is 0 Å². The Balaban J connectivity index is 2.08. The molecule has 0 saturated carbocycles. The number of ether oxygens (including phenoxy) is 1. The van der Waals surface area contributed by atoms with E-state index in [-0.39, 0.29) is 18.4 Å². The van der Waals surface area contributed by atoms with Crippen LogP contribution < -0.4 is 9.62 Å². The van der Waals surface area contributed by atoms with Gasteiger partial charge in [-0.15, -0.1) is 0 Å². The van der Waals surface area contributed by atoms with Gasteiger partial charge in [0.2, 0.25) is 15.9 Å². The smallest absolute Gasteiger partial charge is 0.232 e. The molecule has 1 N–H and O–H groups in total. The van der Waals surface area contributed by atoms with Crippen LogP contribution in [0.3, 0.4) is 0 Å². The Bertz CT molecular complexity index is 697. The molecule has 1 aliphatic heterocycles. The standard InChI is InChI=1S/C18H28N2O4S/c1-4-15-7-5-6-14(2)17(15)20(25(3,22)23)11-10-19-18(21)16-8-12-24-13-9-16/h5-7,16H,4,8-13H2,1-3H3,(H,19,21). The van der Waals surface area contributed by atoms with Gasteiger partial charge in [-0.25, -0.2) is 8.42 Å². The van der Waals surface area contributed by atoms with E-state index < -0.39 is 10.0 Å². The molecule has 0 atom stereocenters. The molecular formula is C18H28N2O4S. The lowest BCUT2D eigenvalue weighted by Crippen LogP contribution is -2.41. The van der Waals surface area contributed by atoms with Crippen LogP contribution in [0, 0.1) is 12.8 Å². The maximum absolute atomic E-state index is 12.3. The van der Waals surface area contributed by atoms with Crippen LogP contribution in [0.15, 0.2) is 18.2 Å². The number of nitrogens with zero attached hydrogens (tertiary/aromatic N) is 1. The number of aryl methyl sites for hydroxylation is 2. The topological polar surface area (TPSA) is 75.7 Å². The van der Waals surface area contributed by atoms with E-state index in [9.17, 15) is 13.2 Å². The van der Waals surface area contributed by atoms with Gasteiger partial charge in [0, 0.05) is 25.7 Å². The number of nitrogens with one attached hydrogen (secondary N) is 1. The molecular weight excluding hydrogens is 340 g/mol. The molecule has 0 aromatic heterocycles. The fraction of sp³-hybridized carbons (Fsp3) is 0.611. The van der Waals surface area contributed by atoms with Gasteiger partial charge in [0.15, 0.2) is 0 Å². The van der Waals surface area contributed by atoms with E-state index >= 15 is 0 Å². The van der Waals surface area contributed by atoms with Gasteiger partial charge in [-0.3, -0.25) is 9.10 Å². The first kappa shape index (κ1) is 19.7. The van der Waals surface area contributed by atoms with Crippen molar-refractivity contribution in [3.05, 3.63) is 29.3 Å². The van der Waals surface area contributed by atoms with Crippen molar-refractivity contribution in [2.45, 2.75) is 33.1 Å². The van der Waals surface area contributed by atoms with Crippen LogP contribution in [0.5, 0.6) is 0 Å². The number of para-hydroxylation sites is 1. The number of hydrogen-bond acceptors (Lipinski definition) is 4. The van der Waals surface area contributed by atoms with Crippen molar-refractivity contribution in [1.82, 2.24) is 5.32 Å². The summed E-state index contributed by atoms with van der Waals surface area (Å²) in [5, 5.41) is 2.88. The minimum absolute atomic E-state index is 0.0164. The van der Waals surface area contributed by atoms with Gasteiger partial charge < -0.3 is 10.1 Å². The zero-order valence-corrected chi connectivity index (χ0v) is 16.1. The minimum atomic E-state index is -3.43. The van der Waals surface area contributed by atoms with Gasteiger partial charge in [-0.05, 0) is 37.3 Å². The zero-order chi connectivity index (χ0) is 18.4. The van der Waals surface area contributed by atoms with Crippen molar-refractivity contribution >= 4 is 21.6 Å². The Kier molecular flexibility index (Phi) is 6.84. The Labute approximate surface area is 150 Å². The first-order chi connectivity index (χ1) is 11.8. The van der Waals surface area contributed by atoms with Crippen LogP contribution in [-0.2, 0) is 26.0 Å². The summed E-state index contributed by atoms with van der Waals surface area (Å²) in [5.41, 5.74) is 2.63. The van der Waals surface area contributed by atoms with Crippen molar-refractivity contribution in [3.63, 3.8) is 0 Å². The molecule has 1 aromatic rings. The third-order valence-corrected chi connectivity index (χ3v) is 5.72. The molecule has 0 spiro atoms. The quantitative estimate of drug-likeness (QED) is 0.797. The Morgan fingerprint density at radius 1 is 1.32 bits per heavy atom. The maximum Gasteiger partial charge on any atom is 0.232 e. The van der Waals surface area contributed by atoms with Gasteiger partial charge in [0.05, 0.1) is 18.5 Å². The molecule has 1 saturated heterocycles. The lowest BCUT2D eigenvalue weighted by Gasteiger charge is -2.27. The highest BCUT2D eigenvalue weighted by atomic mass is 32.2. The first-order valence-corrected chi connectivity index (χ1v) is 10.6. The summed E-state index contributed by atoms with van der Waals surface area (Å²) < 4.78 is 31.3. The number of amides is 1. The number of sulfonamides is 1. The van der Waals surface area contributed by atoms with E-state index in [1.807, 2.05) is 32.0 Å². The van der Waals surface area contributed by atoms with Gasteiger partial charge >= 0.3 is 0 Å². The van der Waals surface area contributed by atoms with E-state index in [1.54, 1.807) is 0 Å². The molecule has 2 rings (SSSR count). The molecule has 1 aliphatic rings. The highest BCUT2D eigenvalue weighted by Crippen LogP contribution is 2.27. The largest absolute Gasteiger partial charge is 0.381 e. The number of carbonyl (C=O) groups is 1. The average Bonchev–Trinajstić information content (AvgIpc) is 2.58. The second-order valence-corrected chi connectivity index (χ2v) is 8.36. The van der Waals surface area contributed by atoms with Crippen molar-refractivity contribution in [2.75, 3.05) is 36.9 Å². The number of carbonyl (C=O) groups excluding carboxylic acids is 1. The molecule has 0 bridgehead atoms. The van der Waals surface area contributed by atoms with Gasteiger partial charge in [-0.2, -0.15) is 0 Å². The minimum Gasteiger partial charge on any atom is -0.381 e. The summed E-state index contributed by atoms with van der Waals surface area (Å²) in [6.45, 7) is 5.65. The number of benzene rings is 1. The van der Waals surface area contributed by atoms with Gasteiger partial charge in [0.1, 0.15) is 0 Å². The lowest BCUT2D eigenvalue weighted by atomic mass is 9.99. The maximum atomic E-state index is 12.3. The summed E-state index contributed by atoms with van der Waals surface area (Å²) >= 11 is 0. The normalized spacial score (nSPS) is 15.8. The second kappa shape index (κ2) is 8.67. The van der Waals surface area contributed by atoms with Crippen LogP contribution in [0.4, 0.5) is 5.69 Å². The third-order valence-electron chi connectivity index (χ3n) is 4.56.